The number of fused-ring (bicyclic) bond motifs is 6. The number of nitrogens with zero attached hydrogens (tertiary/aromatic N) is 2. The average Bonchev–Trinajstić information content (AvgIpc) is 3.11. The number of rotatable bonds is 4. The van der Waals surface area contributed by atoms with E-state index in [1.54, 1.807) is 14.2 Å². The van der Waals surface area contributed by atoms with Crippen LogP contribution in [0.15, 0.2) is 40.9 Å². The first kappa shape index (κ1) is 21.2. The van der Waals surface area contributed by atoms with Crippen molar-refractivity contribution in [3.05, 3.63) is 57.6 Å². The Labute approximate surface area is 202 Å². The first-order chi connectivity index (χ1) is 16.0. The summed E-state index contributed by atoms with van der Waals surface area (Å²) in [6.07, 6.45) is 3.28. The SMILES string of the molecule is COc1cc2c(c(OC)c1)C1C3N4CC3(C(=O)c3ccc(Br)cc3)CCCC4C(=O)N1CC2. The van der Waals surface area contributed by atoms with Crippen molar-refractivity contribution in [2.75, 3.05) is 27.3 Å². The molecule has 3 fully saturated rings. The molecule has 2 bridgehead atoms. The third-order valence-corrected chi connectivity index (χ3v) is 8.75. The highest BCUT2D eigenvalue weighted by Gasteiger charge is 2.68. The van der Waals surface area contributed by atoms with Crippen LogP contribution in [-0.4, -0.2) is 60.9 Å². The molecule has 0 radical (unpaired) electrons. The van der Waals surface area contributed by atoms with Crippen molar-refractivity contribution in [1.29, 1.82) is 0 Å². The molecule has 0 N–H and O–H groups in total. The molecule has 4 heterocycles. The van der Waals surface area contributed by atoms with Gasteiger partial charge in [-0.05, 0) is 43.0 Å². The number of hydrogen-bond donors (Lipinski definition) is 0. The monoisotopic (exact) mass is 510 g/mol. The zero-order valence-corrected chi connectivity index (χ0v) is 20.4. The number of amides is 1. The Morgan fingerprint density at radius 2 is 1.94 bits per heavy atom. The molecule has 7 heteroatoms. The summed E-state index contributed by atoms with van der Waals surface area (Å²) in [5.41, 5.74) is 2.44. The number of carbonyl (C=O) groups is 2. The molecule has 6 rings (SSSR count). The highest BCUT2D eigenvalue weighted by Crippen LogP contribution is 2.59. The van der Waals surface area contributed by atoms with E-state index in [2.05, 4.69) is 26.9 Å². The molecule has 0 spiro atoms. The molecule has 3 saturated heterocycles. The van der Waals surface area contributed by atoms with E-state index in [-0.39, 0.29) is 29.8 Å². The summed E-state index contributed by atoms with van der Waals surface area (Å²) in [4.78, 5) is 32.0. The molecular weight excluding hydrogens is 484 g/mol. The molecule has 6 nitrogen and oxygen atoms in total. The summed E-state index contributed by atoms with van der Waals surface area (Å²) in [6.45, 7) is 1.32. The van der Waals surface area contributed by atoms with Crippen LogP contribution >= 0.6 is 15.9 Å². The van der Waals surface area contributed by atoms with Crippen LogP contribution in [0.25, 0.3) is 0 Å². The van der Waals surface area contributed by atoms with Gasteiger partial charge in [0.05, 0.1) is 31.7 Å². The van der Waals surface area contributed by atoms with Gasteiger partial charge in [-0.25, -0.2) is 0 Å². The van der Waals surface area contributed by atoms with E-state index < -0.39 is 5.41 Å². The molecule has 0 aliphatic carbocycles. The molecule has 172 valence electrons. The van der Waals surface area contributed by atoms with Crippen molar-refractivity contribution in [1.82, 2.24) is 9.80 Å². The van der Waals surface area contributed by atoms with Crippen LogP contribution in [-0.2, 0) is 11.2 Å². The van der Waals surface area contributed by atoms with Crippen molar-refractivity contribution in [2.45, 2.75) is 43.8 Å². The van der Waals surface area contributed by atoms with Gasteiger partial charge in [-0.15, -0.1) is 0 Å². The summed E-state index contributed by atoms with van der Waals surface area (Å²) in [5.74, 6) is 1.89. The van der Waals surface area contributed by atoms with Gasteiger partial charge in [-0.1, -0.05) is 34.5 Å². The topological polar surface area (TPSA) is 59.1 Å². The Bertz CT molecular complexity index is 1130. The lowest BCUT2D eigenvalue weighted by molar-refractivity contribution is -0.178. The molecule has 2 aromatic rings. The van der Waals surface area contributed by atoms with Gasteiger partial charge in [-0.3, -0.25) is 14.5 Å². The van der Waals surface area contributed by atoms with Crippen molar-refractivity contribution in [3.8, 4) is 11.5 Å². The number of methoxy groups -OCH3 is 2. The summed E-state index contributed by atoms with van der Waals surface area (Å²) >= 11 is 3.48. The summed E-state index contributed by atoms with van der Waals surface area (Å²) < 4.78 is 12.3. The Balaban J connectivity index is 1.50. The zero-order valence-electron chi connectivity index (χ0n) is 18.8. The maximum Gasteiger partial charge on any atom is 0.240 e. The predicted molar refractivity (Wildman–Crippen MR) is 127 cm³/mol. The Morgan fingerprint density at radius 3 is 2.67 bits per heavy atom. The van der Waals surface area contributed by atoms with E-state index >= 15 is 0 Å². The van der Waals surface area contributed by atoms with Crippen molar-refractivity contribution in [2.24, 2.45) is 5.41 Å². The van der Waals surface area contributed by atoms with Crippen LogP contribution in [0.3, 0.4) is 0 Å². The predicted octanol–water partition coefficient (Wildman–Crippen LogP) is 4.01. The standard InChI is InChI=1S/C26H27BrN2O4/c1-32-18-12-16-9-11-28-22(21(16)20(13-18)33-2)23-26(24(30)15-5-7-17(27)8-6-15)10-3-4-19(25(28)31)29(23)14-26/h5-8,12-13,19,22-23H,3-4,9-11,14H2,1-2H3. The minimum atomic E-state index is -0.494. The van der Waals surface area contributed by atoms with Crippen LogP contribution in [0.5, 0.6) is 11.5 Å². The molecule has 0 aromatic heterocycles. The third kappa shape index (κ3) is 2.88. The molecular formula is C26H27BrN2O4. The second-order valence-electron chi connectivity index (χ2n) is 9.65. The van der Waals surface area contributed by atoms with Gasteiger partial charge in [0.15, 0.2) is 5.78 Å². The third-order valence-electron chi connectivity index (χ3n) is 8.23. The quantitative estimate of drug-likeness (QED) is 0.581. The number of benzene rings is 2. The lowest BCUT2D eigenvalue weighted by Gasteiger charge is -2.65. The van der Waals surface area contributed by atoms with Crippen LogP contribution in [0.1, 0.15) is 46.8 Å². The Morgan fingerprint density at radius 1 is 1.15 bits per heavy atom. The van der Waals surface area contributed by atoms with E-state index in [0.717, 1.165) is 58.3 Å². The average molecular weight is 511 g/mol. The molecule has 4 unspecified atom stereocenters. The van der Waals surface area contributed by atoms with E-state index in [1.165, 1.54) is 0 Å². The van der Waals surface area contributed by atoms with E-state index in [4.69, 9.17) is 9.47 Å². The molecule has 33 heavy (non-hydrogen) atoms. The van der Waals surface area contributed by atoms with Gasteiger partial charge in [0.25, 0.3) is 0 Å². The maximum absolute atomic E-state index is 14.0. The molecule has 1 amide bonds. The van der Waals surface area contributed by atoms with E-state index in [1.807, 2.05) is 35.2 Å². The largest absolute Gasteiger partial charge is 0.497 e. The van der Waals surface area contributed by atoms with Crippen molar-refractivity contribution >= 4 is 27.6 Å². The summed E-state index contributed by atoms with van der Waals surface area (Å²) in [5, 5.41) is 0. The smallest absolute Gasteiger partial charge is 0.240 e. The Hall–Kier alpha value is -2.38. The number of hydrogen-bond acceptors (Lipinski definition) is 5. The van der Waals surface area contributed by atoms with Gasteiger partial charge < -0.3 is 14.4 Å². The minimum Gasteiger partial charge on any atom is -0.497 e. The number of halogens is 1. The minimum absolute atomic E-state index is 0.0415. The van der Waals surface area contributed by atoms with E-state index in [9.17, 15) is 9.59 Å². The second-order valence-corrected chi connectivity index (χ2v) is 10.6. The van der Waals surface area contributed by atoms with Gasteiger partial charge in [0.1, 0.15) is 11.5 Å². The first-order valence-electron chi connectivity index (χ1n) is 11.6. The first-order valence-corrected chi connectivity index (χ1v) is 12.4. The zero-order chi connectivity index (χ0) is 22.9. The number of ketones is 1. The van der Waals surface area contributed by atoms with Gasteiger partial charge in [0.2, 0.25) is 5.91 Å². The van der Waals surface area contributed by atoms with Crippen LogP contribution in [0.4, 0.5) is 0 Å². The molecule has 0 saturated carbocycles. The normalized spacial score (nSPS) is 30.0. The molecule has 4 aliphatic heterocycles. The van der Waals surface area contributed by atoms with Crippen LogP contribution < -0.4 is 9.47 Å². The highest BCUT2D eigenvalue weighted by atomic mass is 79.9. The number of ether oxygens (including phenoxy) is 2. The van der Waals surface area contributed by atoms with Gasteiger partial charge in [0, 0.05) is 40.8 Å². The molecule has 4 atom stereocenters. The fraction of sp³-hybridized carbons (Fsp3) is 0.462. The molecule has 2 aromatic carbocycles. The van der Waals surface area contributed by atoms with Crippen molar-refractivity contribution in [3.63, 3.8) is 0 Å². The fourth-order valence-corrected chi connectivity index (χ4v) is 7.04. The van der Waals surface area contributed by atoms with Gasteiger partial charge in [-0.2, -0.15) is 0 Å². The Kier molecular flexibility index (Phi) is 4.86. The lowest BCUT2D eigenvalue weighted by Crippen LogP contribution is -2.78. The number of carbonyl (C=O) groups excluding carboxylic acids is 2. The fourth-order valence-electron chi connectivity index (χ4n) is 6.78. The highest BCUT2D eigenvalue weighted by molar-refractivity contribution is 9.10. The second kappa shape index (κ2) is 7.57. The lowest BCUT2D eigenvalue weighted by atomic mass is 9.60. The molecule has 4 aliphatic rings. The summed E-state index contributed by atoms with van der Waals surface area (Å²) in [6, 6.07) is 11.3. The van der Waals surface area contributed by atoms with E-state index in [0.29, 0.717) is 13.1 Å². The summed E-state index contributed by atoms with van der Waals surface area (Å²) in [7, 11) is 3.32. The van der Waals surface area contributed by atoms with Crippen LogP contribution in [0, 0.1) is 5.41 Å². The number of piperazine rings is 1. The van der Waals surface area contributed by atoms with Gasteiger partial charge >= 0.3 is 0 Å². The van der Waals surface area contributed by atoms with Crippen LogP contribution in [0.2, 0.25) is 0 Å². The number of Topliss-reactive ketones (excluding diaryl/α,β-unsaturated/α-hetero) is 1. The maximum atomic E-state index is 14.0. The van der Waals surface area contributed by atoms with Crippen molar-refractivity contribution < 1.29 is 19.1 Å².